The number of hydrogen-bond acceptors (Lipinski definition) is 4. The molecule has 2 rings (SSSR count). The molecule has 5 heteroatoms. The van der Waals surface area contributed by atoms with Crippen molar-refractivity contribution in [1.29, 1.82) is 0 Å². The molecular formula is C14H14N2O2S. The van der Waals surface area contributed by atoms with Gasteiger partial charge in [0, 0.05) is 4.88 Å². The molecule has 0 atom stereocenters. The van der Waals surface area contributed by atoms with Crippen molar-refractivity contribution >= 4 is 23.5 Å². The van der Waals surface area contributed by atoms with Gasteiger partial charge in [0.05, 0.1) is 19.7 Å². The lowest BCUT2D eigenvalue weighted by Gasteiger charge is -2.00. The Balaban J connectivity index is 1.87. The van der Waals surface area contributed by atoms with Crippen LogP contribution in [0, 0.1) is 0 Å². The van der Waals surface area contributed by atoms with E-state index in [2.05, 4.69) is 10.5 Å². The maximum atomic E-state index is 11.6. The molecule has 0 unspecified atom stereocenters. The third kappa shape index (κ3) is 4.22. The number of nitrogens with one attached hydrogen (secondary N) is 1. The van der Waals surface area contributed by atoms with Crippen LogP contribution >= 0.6 is 11.3 Å². The molecule has 0 radical (unpaired) electrons. The number of carbonyl (C=O) groups is 1. The Kier molecular flexibility index (Phi) is 4.69. The molecule has 0 bridgehead atoms. The van der Waals surface area contributed by atoms with Gasteiger partial charge in [0.15, 0.2) is 0 Å². The molecule has 19 heavy (non-hydrogen) atoms. The van der Waals surface area contributed by atoms with Crippen LogP contribution in [-0.2, 0) is 11.2 Å². The molecule has 98 valence electrons. The number of amides is 1. The summed E-state index contributed by atoms with van der Waals surface area (Å²) < 4.78 is 5.10. The predicted octanol–water partition coefficient (Wildman–Crippen LogP) is 2.45. The van der Waals surface area contributed by atoms with Crippen molar-refractivity contribution in [2.24, 2.45) is 5.10 Å². The minimum absolute atomic E-state index is 0.124. The molecule has 1 heterocycles. The van der Waals surface area contributed by atoms with Crippen LogP contribution < -0.4 is 10.2 Å². The molecule has 2 aromatic rings. The number of rotatable bonds is 5. The van der Waals surface area contributed by atoms with Crippen molar-refractivity contribution < 1.29 is 9.53 Å². The van der Waals surface area contributed by atoms with Crippen LogP contribution in [0.2, 0.25) is 0 Å². The van der Waals surface area contributed by atoms with Crippen molar-refractivity contribution in [2.75, 3.05) is 7.11 Å². The summed E-state index contributed by atoms with van der Waals surface area (Å²) in [6.45, 7) is 0. The first-order valence-corrected chi connectivity index (χ1v) is 6.64. The highest BCUT2D eigenvalue weighted by atomic mass is 32.1. The fourth-order valence-electron chi connectivity index (χ4n) is 1.51. The van der Waals surface area contributed by atoms with E-state index in [0.717, 1.165) is 16.2 Å². The van der Waals surface area contributed by atoms with Gasteiger partial charge in [-0.15, -0.1) is 11.3 Å². The lowest BCUT2D eigenvalue weighted by Crippen LogP contribution is -2.19. The van der Waals surface area contributed by atoms with E-state index >= 15 is 0 Å². The Morgan fingerprint density at radius 2 is 2.32 bits per heavy atom. The smallest absolute Gasteiger partial charge is 0.245 e. The lowest BCUT2D eigenvalue weighted by atomic mass is 10.2. The summed E-state index contributed by atoms with van der Waals surface area (Å²) >= 11 is 1.56. The zero-order valence-corrected chi connectivity index (χ0v) is 11.3. The number of hydrazone groups is 1. The molecule has 0 saturated heterocycles. The Morgan fingerprint density at radius 3 is 3.05 bits per heavy atom. The first-order chi connectivity index (χ1) is 9.28. The van der Waals surface area contributed by atoms with E-state index in [1.807, 2.05) is 41.8 Å². The van der Waals surface area contributed by atoms with Gasteiger partial charge in [0.2, 0.25) is 5.91 Å². The predicted molar refractivity (Wildman–Crippen MR) is 76.8 cm³/mol. The van der Waals surface area contributed by atoms with Crippen LogP contribution in [0.25, 0.3) is 0 Å². The van der Waals surface area contributed by atoms with Crippen molar-refractivity contribution in [3.05, 3.63) is 52.2 Å². The third-order valence-corrected chi connectivity index (χ3v) is 3.29. The second-order valence-electron chi connectivity index (χ2n) is 3.83. The summed E-state index contributed by atoms with van der Waals surface area (Å²) in [6.07, 6.45) is 1.95. The van der Waals surface area contributed by atoms with E-state index in [-0.39, 0.29) is 5.91 Å². The monoisotopic (exact) mass is 274 g/mol. The maximum Gasteiger partial charge on any atom is 0.245 e. The number of benzene rings is 1. The minimum Gasteiger partial charge on any atom is -0.497 e. The minimum atomic E-state index is -0.124. The van der Waals surface area contributed by atoms with Crippen LogP contribution in [0.3, 0.4) is 0 Å². The maximum absolute atomic E-state index is 11.6. The molecule has 1 aromatic heterocycles. The van der Waals surface area contributed by atoms with Gasteiger partial charge in [-0.2, -0.15) is 5.10 Å². The Labute approximate surface area is 115 Å². The van der Waals surface area contributed by atoms with Gasteiger partial charge in [-0.3, -0.25) is 4.79 Å². The van der Waals surface area contributed by atoms with E-state index < -0.39 is 0 Å². The molecule has 1 N–H and O–H groups in total. The number of carbonyl (C=O) groups excluding carboxylic acids is 1. The highest BCUT2D eigenvalue weighted by molar-refractivity contribution is 7.10. The number of thiophene rings is 1. The highest BCUT2D eigenvalue weighted by Crippen LogP contribution is 2.11. The SMILES string of the molecule is COc1cccc(/C=N\NC(=O)Cc2cccs2)c1. The van der Waals surface area contributed by atoms with Gasteiger partial charge in [-0.1, -0.05) is 18.2 Å². The Bertz CT molecular complexity index is 565. The zero-order chi connectivity index (χ0) is 13.5. The zero-order valence-electron chi connectivity index (χ0n) is 10.5. The molecule has 1 amide bonds. The third-order valence-electron chi connectivity index (χ3n) is 2.41. The molecular weight excluding hydrogens is 260 g/mol. The summed E-state index contributed by atoms with van der Waals surface area (Å²) in [5.41, 5.74) is 3.37. The lowest BCUT2D eigenvalue weighted by molar-refractivity contribution is -0.120. The Morgan fingerprint density at radius 1 is 1.42 bits per heavy atom. The normalized spacial score (nSPS) is 10.6. The quantitative estimate of drug-likeness (QED) is 0.672. The van der Waals surface area contributed by atoms with Gasteiger partial charge < -0.3 is 4.74 Å². The number of methoxy groups -OCH3 is 1. The van der Waals surface area contributed by atoms with Crippen LogP contribution in [0.1, 0.15) is 10.4 Å². The van der Waals surface area contributed by atoms with E-state index in [1.54, 1.807) is 24.7 Å². The number of nitrogens with zero attached hydrogens (tertiary/aromatic N) is 1. The van der Waals surface area contributed by atoms with Gasteiger partial charge in [-0.25, -0.2) is 5.43 Å². The molecule has 1 aromatic carbocycles. The van der Waals surface area contributed by atoms with Crippen LogP contribution in [0.4, 0.5) is 0 Å². The molecule has 4 nitrogen and oxygen atoms in total. The molecule has 0 spiro atoms. The van der Waals surface area contributed by atoms with Gasteiger partial charge in [-0.05, 0) is 29.1 Å². The van der Waals surface area contributed by atoms with E-state index in [4.69, 9.17) is 4.74 Å². The standard InChI is InChI=1S/C14H14N2O2S/c1-18-12-5-2-4-11(8-12)10-15-16-14(17)9-13-6-3-7-19-13/h2-8,10H,9H2,1H3,(H,16,17)/b15-10-. The van der Waals surface area contributed by atoms with Gasteiger partial charge >= 0.3 is 0 Å². The van der Waals surface area contributed by atoms with Crippen molar-refractivity contribution in [2.45, 2.75) is 6.42 Å². The van der Waals surface area contributed by atoms with E-state index in [1.165, 1.54) is 0 Å². The molecule has 0 aliphatic rings. The number of ether oxygens (including phenoxy) is 1. The number of hydrogen-bond donors (Lipinski definition) is 1. The molecule has 0 fully saturated rings. The van der Waals surface area contributed by atoms with E-state index in [0.29, 0.717) is 6.42 Å². The fourth-order valence-corrected chi connectivity index (χ4v) is 2.22. The summed E-state index contributed by atoms with van der Waals surface area (Å²) in [4.78, 5) is 12.6. The average molecular weight is 274 g/mol. The second-order valence-corrected chi connectivity index (χ2v) is 4.86. The van der Waals surface area contributed by atoms with Crippen LogP contribution in [0.5, 0.6) is 5.75 Å². The Hall–Kier alpha value is -2.14. The van der Waals surface area contributed by atoms with Crippen LogP contribution in [-0.4, -0.2) is 19.2 Å². The molecule has 0 saturated carbocycles. The van der Waals surface area contributed by atoms with Crippen LogP contribution in [0.15, 0.2) is 46.9 Å². The summed E-state index contributed by atoms with van der Waals surface area (Å²) in [5.74, 6) is 0.635. The first kappa shape index (κ1) is 13.3. The summed E-state index contributed by atoms with van der Waals surface area (Å²) in [7, 11) is 1.61. The molecule has 0 aliphatic heterocycles. The van der Waals surface area contributed by atoms with E-state index in [9.17, 15) is 4.79 Å². The fraction of sp³-hybridized carbons (Fsp3) is 0.143. The van der Waals surface area contributed by atoms with Gasteiger partial charge in [0.1, 0.15) is 5.75 Å². The summed E-state index contributed by atoms with van der Waals surface area (Å²) in [6, 6.07) is 11.3. The largest absolute Gasteiger partial charge is 0.497 e. The van der Waals surface area contributed by atoms with Crippen molar-refractivity contribution in [3.8, 4) is 5.75 Å². The second kappa shape index (κ2) is 6.70. The van der Waals surface area contributed by atoms with Crippen molar-refractivity contribution in [3.63, 3.8) is 0 Å². The molecule has 0 aliphatic carbocycles. The topological polar surface area (TPSA) is 50.7 Å². The summed E-state index contributed by atoms with van der Waals surface area (Å²) in [5, 5.41) is 5.87. The first-order valence-electron chi connectivity index (χ1n) is 5.76. The van der Waals surface area contributed by atoms with Crippen molar-refractivity contribution in [1.82, 2.24) is 5.43 Å². The average Bonchev–Trinajstić information content (AvgIpc) is 2.92. The van der Waals surface area contributed by atoms with Gasteiger partial charge in [0.25, 0.3) is 0 Å². The highest BCUT2D eigenvalue weighted by Gasteiger charge is 2.02.